The minimum Gasteiger partial charge on any atom is -0.493 e. The Hall–Kier alpha value is -2.66. The third kappa shape index (κ3) is 4.41. The van der Waals surface area contributed by atoms with Crippen LogP contribution in [0.1, 0.15) is 11.6 Å². The highest BCUT2D eigenvalue weighted by Crippen LogP contribution is 2.31. The number of hydroxylamine groups is 1. The average molecular weight is 436 g/mol. The van der Waals surface area contributed by atoms with E-state index in [9.17, 15) is 13.2 Å². The fraction of sp³-hybridized carbons (Fsp3) is 0.350. The number of piperazine rings is 1. The number of carbonyl (C=O) groups excluding carboxylic acids is 1. The van der Waals surface area contributed by atoms with Crippen molar-refractivity contribution in [1.29, 1.82) is 0 Å². The van der Waals surface area contributed by atoms with E-state index < -0.39 is 22.0 Å². The second-order valence-electron chi connectivity index (χ2n) is 6.75. The number of ether oxygens (including phenoxy) is 2. The summed E-state index contributed by atoms with van der Waals surface area (Å²) in [6.07, 6.45) is 0. The van der Waals surface area contributed by atoms with Gasteiger partial charge >= 0.3 is 0 Å². The lowest BCUT2D eigenvalue weighted by Gasteiger charge is -2.37. The van der Waals surface area contributed by atoms with Gasteiger partial charge in [0.15, 0.2) is 11.5 Å². The Morgan fingerprint density at radius 3 is 2.20 bits per heavy atom. The first-order valence-corrected chi connectivity index (χ1v) is 10.8. The van der Waals surface area contributed by atoms with Crippen LogP contribution in [-0.4, -0.2) is 69.1 Å². The zero-order valence-corrected chi connectivity index (χ0v) is 17.6. The van der Waals surface area contributed by atoms with Crippen molar-refractivity contribution < 1.29 is 27.9 Å². The molecule has 1 saturated heterocycles. The van der Waals surface area contributed by atoms with Gasteiger partial charge in [-0.2, -0.15) is 4.31 Å². The normalized spacial score (nSPS) is 16.6. The van der Waals surface area contributed by atoms with Crippen molar-refractivity contribution >= 4 is 15.9 Å². The van der Waals surface area contributed by atoms with Crippen molar-refractivity contribution in [3.05, 3.63) is 54.1 Å². The Morgan fingerprint density at radius 1 is 1.00 bits per heavy atom. The first-order chi connectivity index (χ1) is 14.4. The zero-order chi connectivity index (χ0) is 21.7. The standard InChI is InChI=1S/C20H25N3O6S/c1-28-17-9-8-16(14-18(17)29-2)30(26,27)23-12-10-22(11-13-23)19(20(24)21-25)15-6-4-3-5-7-15/h3-9,14,19,25H,10-13H2,1-2H3,(H,21,24). The van der Waals surface area contributed by atoms with Crippen molar-refractivity contribution in [2.75, 3.05) is 40.4 Å². The third-order valence-corrected chi connectivity index (χ3v) is 7.00. The Bertz CT molecular complexity index is 975. The Kier molecular flexibility index (Phi) is 6.93. The van der Waals surface area contributed by atoms with Crippen LogP contribution >= 0.6 is 0 Å². The topological polar surface area (TPSA) is 108 Å². The van der Waals surface area contributed by atoms with Crippen LogP contribution < -0.4 is 15.0 Å². The lowest BCUT2D eigenvalue weighted by atomic mass is 10.0. The number of sulfonamides is 1. The molecule has 0 aromatic heterocycles. The van der Waals surface area contributed by atoms with Crippen LogP contribution in [0.5, 0.6) is 11.5 Å². The summed E-state index contributed by atoms with van der Waals surface area (Å²) in [5.74, 6) is 0.223. The molecule has 2 aromatic rings. The largest absolute Gasteiger partial charge is 0.493 e. The van der Waals surface area contributed by atoms with E-state index in [4.69, 9.17) is 14.7 Å². The molecule has 1 unspecified atom stereocenters. The van der Waals surface area contributed by atoms with Crippen LogP contribution in [0.25, 0.3) is 0 Å². The van der Waals surface area contributed by atoms with E-state index in [1.54, 1.807) is 23.7 Å². The first-order valence-electron chi connectivity index (χ1n) is 9.37. The summed E-state index contributed by atoms with van der Waals surface area (Å²) < 4.78 is 37.9. The van der Waals surface area contributed by atoms with Gasteiger partial charge in [0.1, 0.15) is 6.04 Å². The summed E-state index contributed by atoms with van der Waals surface area (Å²) in [6, 6.07) is 12.8. The predicted molar refractivity (Wildman–Crippen MR) is 109 cm³/mol. The van der Waals surface area contributed by atoms with Gasteiger partial charge in [-0.3, -0.25) is 14.9 Å². The van der Waals surface area contributed by atoms with Crippen molar-refractivity contribution in [1.82, 2.24) is 14.7 Å². The molecule has 1 atom stereocenters. The van der Waals surface area contributed by atoms with Gasteiger partial charge in [0.2, 0.25) is 10.0 Å². The maximum atomic E-state index is 13.1. The molecule has 9 nitrogen and oxygen atoms in total. The van der Waals surface area contributed by atoms with Gasteiger partial charge in [0, 0.05) is 32.2 Å². The van der Waals surface area contributed by atoms with E-state index >= 15 is 0 Å². The van der Waals surface area contributed by atoms with E-state index in [2.05, 4.69) is 0 Å². The van der Waals surface area contributed by atoms with Gasteiger partial charge in [0.05, 0.1) is 19.1 Å². The molecule has 162 valence electrons. The first kappa shape index (κ1) is 22.0. The maximum absolute atomic E-state index is 13.1. The number of amides is 1. The SMILES string of the molecule is COc1ccc(S(=O)(=O)N2CCN(C(C(=O)NO)c3ccccc3)CC2)cc1OC. The lowest BCUT2D eigenvalue weighted by Crippen LogP contribution is -2.52. The molecule has 1 heterocycles. The molecule has 3 rings (SSSR count). The molecule has 0 radical (unpaired) electrons. The van der Waals surface area contributed by atoms with Crippen LogP contribution in [0.4, 0.5) is 0 Å². The quantitative estimate of drug-likeness (QED) is 0.498. The van der Waals surface area contributed by atoms with Crippen molar-refractivity contribution in [3.63, 3.8) is 0 Å². The van der Waals surface area contributed by atoms with Crippen LogP contribution in [0.15, 0.2) is 53.4 Å². The molecule has 0 bridgehead atoms. The number of hydrogen-bond donors (Lipinski definition) is 2. The summed E-state index contributed by atoms with van der Waals surface area (Å²) in [4.78, 5) is 14.2. The van der Waals surface area contributed by atoms with Gasteiger partial charge in [-0.25, -0.2) is 13.9 Å². The fourth-order valence-electron chi connectivity index (χ4n) is 3.55. The molecule has 1 amide bonds. The number of methoxy groups -OCH3 is 2. The monoisotopic (exact) mass is 435 g/mol. The van der Waals surface area contributed by atoms with E-state index in [0.717, 1.165) is 5.56 Å². The number of benzene rings is 2. The molecule has 0 spiro atoms. The van der Waals surface area contributed by atoms with Crippen LogP contribution in [0, 0.1) is 0 Å². The molecule has 2 N–H and O–H groups in total. The number of nitrogens with one attached hydrogen (secondary N) is 1. The minimum atomic E-state index is -3.74. The smallest absolute Gasteiger partial charge is 0.265 e. The van der Waals surface area contributed by atoms with Gasteiger partial charge in [-0.1, -0.05) is 30.3 Å². The summed E-state index contributed by atoms with van der Waals surface area (Å²) in [6.45, 7) is 1.08. The second kappa shape index (κ2) is 9.43. The van der Waals surface area contributed by atoms with Crippen molar-refractivity contribution in [2.24, 2.45) is 0 Å². The van der Waals surface area contributed by atoms with Gasteiger partial charge in [-0.05, 0) is 17.7 Å². The molecule has 30 heavy (non-hydrogen) atoms. The molecule has 1 fully saturated rings. The molecule has 2 aromatic carbocycles. The van der Waals surface area contributed by atoms with Crippen LogP contribution in [-0.2, 0) is 14.8 Å². The van der Waals surface area contributed by atoms with Crippen LogP contribution in [0.3, 0.4) is 0 Å². The Labute approximate surface area is 175 Å². The second-order valence-corrected chi connectivity index (χ2v) is 8.68. The van der Waals surface area contributed by atoms with E-state index in [1.807, 2.05) is 23.1 Å². The highest BCUT2D eigenvalue weighted by molar-refractivity contribution is 7.89. The molecule has 0 saturated carbocycles. The maximum Gasteiger partial charge on any atom is 0.265 e. The average Bonchev–Trinajstić information content (AvgIpc) is 2.79. The number of hydrogen-bond acceptors (Lipinski definition) is 7. The van der Waals surface area contributed by atoms with E-state index in [0.29, 0.717) is 24.6 Å². The Morgan fingerprint density at radius 2 is 1.63 bits per heavy atom. The van der Waals surface area contributed by atoms with Gasteiger partial charge in [-0.15, -0.1) is 0 Å². The van der Waals surface area contributed by atoms with E-state index in [-0.39, 0.29) is 18.0 Å². The van der Waals surface area contributed by atoms with E-state index in [1.165, 1.54) is 30.7 Å². The highest BCUT2D eigenvalue weighted by Gasteiger charge is 2.34. The molecular weight excluding hydrogens is 410 g/mol. The molecule has 10 heteroatoms. The van der Waals surface area contributed by atoms with Crippen LogP contribution in [0.2, 0.25) is 0 Å². The summed E-state index contributed by atoms with van der Waals surface area (Å²) in [5.41, 5.74) is 2.44. The highest BCUT2D eigenvalue weighted by atomic mass is 32.2. The molecule has 0 aliphatic carbocycles. The summed E-state index contributed by atoms with van der Waals surface area (Å²) in [7, 11) is -0.808. The Balaban J connectivity index is 1.77. The van der Waals surface area contributed by atoms with Crippen molar-refractivity contribution in [3.8, 4) is 11.5 Å². The number of nitrogens with zero attached hydrogens (tertiary/aromatic N) is 2. The number of carbonyl (C=O) groups is 1. The minimum absolute atomic E-state index is 0.112. The summed E-state index contributed by atoms with van der Waals surface area (Å²) >= 11 is 0. The molecule has 1 aliphatic rings. The molecule has 1 aliphatic heterocycles. The third-order valence-electron chi connectivity index (χ3n) is 5.11. The molecular formula is C20H25N3O6S. The van der Waals surface area contributed by atoms with Crippen molar-refractivity contribution in [2.45, 2.75) is 10.9 Å². The number of rotatable bonds is 7. The predicted octanol–water partition coefficient (Wildman–Crippen LogP) is 1.26. The summed E-state index contributed by atoms with van der Waals surface area (Å²) in [5, 5.41) is 9.16. The van der Waals surface area contributed by atoms with Gasteiger partial charge in [0.25, 0.3) is 5.91 Å². The zero-order valence-electron chi connectivity index (χ0n) is 16.8. The fourth-order valence-corrected chi connectivity index (χ4v) is 4.99. The lowest BCUT2D eigenvalue weighted by molar-refractivity contribution is -0.135. The van der Waals surface area contributed by atoms with Gasteiger partial charge < -0.3 is 9.47 Å².